The number of thiazole rings is 1. The second-order valence-corrected chi connectivity index (χ2v) is 5.58. The fourth-order valence-corrected chi connectivity index (χ4v) is 2.60. The van der Waals surface area contributed by atoms with E-state index in [9.17, 15) is 0 Å². The van der Waals surface area contributed by atoms with Gasteiger partial charge in [-0.15, -0.1) is 11.3 Å². The summed E-state index contributed by atoms with van der Waals surface area (Å²) < 4.78 is 10.6. The zero-order chi connectivity index (χ0) is 14.4. The van der Waals surface area contributed by atoms with Gasteiger partial charge in [-0.2, -0.15) is 0 Å². The summed E-state index contributed by atoms with van der Waals surface area (Å²) in [6.45, 7) is 2.98. The smallest absolute Gasteiger partial charge is 0.160 e. The third kappa shape index (κ3) is 3.95. The van der Waals surface area contributed by atoms with E-state index in [-0.39, 0.29) is 0 Å². The van der Waals surface area contributed by atoms with Crippen LogP contribution in [0.25, 0.3) is 0 Å². The molecule has 0 fully saturated rings. The molecule has 4 nitrogen and oxygen atoms in total. The lowest BCUT2D eigenvalue weighted by Crippen LogP contribution is -2.27. The van der Waals surface area contributed by atoms with Crippen LogP contribution in [0, 0.1) is 0 Å². The van der Waals surface area contributed by atoms with Crippen LogP contribution in [0.2, 0.25) is 0 Å². The van der Waals surface area contributed by atoms with Crippen molar-refractivity contribution in [2.45, 2.75) is 25.9 Å². The highest BCUT2D eigenvalue weighted by molar-refractivity contribution is 7.09. The molecule has 5 heteroatoms. The molecule has 0 aliphatic rings. The van der Waals surface area contributed by atoms with E-state index >= 15 is 0 Å². The Labute approximate surface area is 123 Å². The molecule has 0 bridgehead atoms. The molecule has 0 radical (unpaired) electrons. The lowest BCUT2D eigenvalue weighted by molar-refractivity contribution is 0.354. The molecule has 1 aromatic carbocycles. The summed E-state index contributed by atoms with van der Waals surface area (Å²) in [5, 5.41) is 6.59. The lowest BCUT2D eigenvalue weighted by Gasteiger charge is -2.14. The van der Waals surface area contributed by atoms with Gasteiger partial charge in [-0.05, 0) is 31.0 Å². The highest BCUT2D eigenvalue weighted by Gasteiger charge is 2.08. The molecule has 1 N–H and O–H groups in total. The van der Waals surface area contributed by atoms with Gasteiger partial charge in [-0.25, -0.2) is 4.98 Å². The van der Waals surface area contributed by atoms with Gasteiger partial charge in [0, 0.05) is 24.2 Å². The fourth-order valence-electron chi connectivity index (χ4n) is 2.04. The van der Waals surface area contributed by atoms with Crippen LogP contribution in [0.15, 0.2) is 29.8 Å². The van der Waals surface area contributed by atoms with Crippen LogP contribution in [0.3, 0.4) is 0 Å². The van der Waals surface area contributed by atoms with Gasteiger partial charge in [0.05, 0.1) is 14.2 Å². The van der Waals surface area contributed by atoms with Crippen LogP contribution in [-0.2, 0) is 13.0 Å². The Bertz CT molecular complexity index is 529. The van der Waals surface area contributed by atoms with Crippen molar-refractivity contribution >= 4 is 11.3 Å². The number of nitrogens with one attached hydrogen (secondary N) is 1. The van der Waals surface area contributed by atoms with Crippen molar-refractivity contribution in [1.82, 2.24) is 10.3 Å². The Balaban J connectivity index is 1.91. The van der Waals surface area contributed by atoms with Crippen LogP contribution >= 0.6 is 11.3 Å². The van der Waals surface area contributed by atoms with Gasteiger partial charge in [0.25, 0.3) is 0 Å². The van der Waals surface area contributed by atoms with Gasteiger partial charge in [0.2, 0.25) is 0 Å². The molecule has 2 rings (SSSR count). The second kappa shape index (κ2) is 7.26. The third-order valence-corrected chi connectivity index (χ3v) is 3.85. The number of hydrogen-bond donors (Lipinski definition) is 1. The van der Waals surface area contributed by atoms with Crippen LogP contribution in [-0.4, -0.2) is 25.2 Å². The minimum absolute atomic E-state index is 0.372. The number of methoxy groups -OCH3 is 2. The number of rotatable bonds is 7. The van der Waals surface area contributed by atoms with E-state index in [2.05, 4.69) is 23.3 Å². The van der Waals surface area contributed by atoms with Crippen molar-refractivity contribution in [2.24, 2.45) is 0 Å². The van der Waals surface area contributed by atoms with Crippen molar-refractivity contribution in [3.05, 3.63) is 40.3 Å². The molecule has 0 aliphatic heterocycles. The first-order valence-electron chi connectivity index (χ1n) is 6.55. The van der Waals surface area contributed by atoms with Crippen LogP contribution < -0.4 is 14.8 Å². The summed E-state index contributed by atoms with van der Waals surface area (Å²) in [5.74, 6) is 1.54. The zero-order valence-electron chi connectivity index (χ0n) is 12.1. The highest BCUT2D eigenvalue weighted by Crippen LogP contribution is 2.27. The van der Waals surface area contributed by atoms with Crippen molar-refractivity contribution in [1.29, 1.82) is 0 Å². The van der Waals surface area contributed by atoms with Gasteiger partial charge < -0.3 is 14.8 Å². The SMILES string of the molecule is COc1ccc(CC(C)NCc2nccs2)cc1OC. The first-order chi connectivity index (χ1) is 9.72. The van der Waals surface area contributed by atoms with Gasteiger partial charge in [-0.3, -0.25) is 0 Å². The normalized spacial score (nSPS) is 12.2. The molecule has 1 heterocycles. The van der Waals surface area contributed by atoms with Gasteiger partial charge in [0.1, 0.15) is 5.01 Å². The minimum atomic E-state index is 0.372. The Hall–Kier alpha value is -1.59. The molecule has 1 unspecified atom stereocenters. The first kappa shape index (κ1) is 14.8. The molecule has 0 spiro atoms. The molecule has 1 atom stereocenters. The second-order valence-electron chi connectivity index (χ2n) is 4.60. The highest BCUT2D eigenvalue weighted by atomic mass is 32.1. The summed E-state index contributed by atoms with van der Waals surface area (Å²) >= 11 is 1.67. The van der Waals surface area contributed by atoms with Gasteiger partial charge in [-0.1, -0.05) is 6.07 Å². The van der Waals surface area contributed by atoms with E-state index in [0.29, 0.717) is 6.04 Å². The fraction of sp³-hybridized carbons (Fsp3) is 0.400. The summed E-state index contributed by atoms with van der Waals surface area (Å²) in [5.41, 5.74) is 1.22. The summed E-state index contributed by atoms with van der Waals surface area (Å²) in [6, 6.07) is 6.42. The predicted octanol–water partition coefficient (Wildman–Crippen LogP) is 2.88. The monoisotopic (exact) mass is 292 g/mol. The molecule has 1 aromatic heterocycles. The Morgan fingerprint density at radius 2 is 2.05 bits per heavy atom. The summed E-state index contributed by atoms with van der Waals surface area (Å²) in [6.07, 6.45) is 2.77. The van der Waals surface area contributed by atoms with E-state index in [1.54, 1.807) is 25.6 Å². The molecule has 0 aliphatic carbocycles. The van der Waals surface area contributed by atoms with Gasteiger partial charge >= 0.3 is 0 Å². The Kier molecular flexibility index (Phi) is 5.38. The Morgan fingerprint density at radius 3 is 2.70 bits per heavy atom. The van der Waals surface area contributed by atoms with Crippen LogP contribution in [0.5, 0.6) is 11.5 Å². The first-order valence-corrected chi connectivity index (χ1v) is 7.43. The van der Waals surface area contributed by atoms with E-state index in [1.807, 2.05) is 23.7 Å². The quantitative estimate of drug-likeness (QED) is 0.852. The number of benzene rings is 1. The topological polar surface area (TPSA) is 43.4 Å². The maximum atomic E-state index is 5.32. The standard InChI is InChI=1S/C15H20N2O2S/c1-11(17-10-15-16-6-7-20-15)8-12-4-5-13(18-2)14(9-12)19-3/h4-7,9,11,17H,8,10H2,1-3H3. The van der Waals surface area contributed by atoms with E-state index in [0.717, 1.165) is 29.5 Å². The molecular formula is C15H20N2O2S. The zero-order valence-corrected chi connectivity index (χ0v) is 12.9. The lowest BCUT2D eigenvalue weighted by atomic mass is 10.1. The van der Waals surface area contributed by atoms with Crippen molar-refractivity contribution in [3.63, 3.8) is 0 Å². The number of nitrogens with zero attached hydrogens (tertiary/aromatic N) is 1. The van der Waals surface area contributed by atoms with Crippen molar-refractivity contribution in [2.75, 3.05) is 14.2 Å². The predicted molar refractivity (Wildman–Crippen MR) is 81.7 cm³/mol. The maximum Gasteiger partial charge on any atom is 0.160 e. The largest absolute Gasteiger partial charge is 0.493 e. The summed E-state index contributed by atoms with van der Waals surface area (Å²) in [4.78, 5) is 4.26. The van der Waals surface area contributed by atoms with E-state index < -0.39 is 0 Å². The van der Waals surface area contributed by atoms with E-state index in [4.69, 9.17) is 9.47 Å². The van der Waals surface area contributed by atoms with E-state index in [1.165, 1.54) is 5.56 Å². The van der Waals surface area contributed by atoms with Crippen LogP contribution in [0.4, 0.5) is 0 Å². The number of ether oxygens (including phenoxy) is 2. The third-order valence-electron chi connectivity index (χ3n) is 3.08. The number of aromatic nitrogens is 1. The molecule has 0 saturated carbocycles. The molecule has 2 aromatic rings. The molecular weight excluding hydrogens is 272 g/mol. The molecule has 0 amide bonds. The average Bonchev–Trinajstić information content (AvgIpc) is 2.98. The summed E-state index contributed by atoms with van der Waals surface area (Å²) in [7, 11) is 3.31. The number of hydrogen-bond acceptors (Lipinski definition) is 5. The minimum Gasteiger partial charge on any atom is -0.493 e. The Morgan fingerprint density at radius 1 is 1.25 bits per heavy atom. The average molecular weight is 292 g/mol. The van der Waals surface area contributed by atoms with Crippen molar-refractivity contribution in [3.8, 4) is 11.5 Å². The molecule has 20 heavy (non-hydrogen) atoms. The van der Waals surface area contributed by atoms with Gasteiger partial charge in [0.15, 0.2) is 11.5 Å². The maximum absolute atomic E-state index is 5.32. The molecule has 0 saturated heterocycles. The van der Waals surface area contributed by atoms with Crippen molar-refractivity contribution < 1.29 is 9.47 Å². The van der Waals surface area contributed by atoms with Crippen LogP contribution in [0.1, 0.15) is 17.5 Å². The molecule has 108 valence electrons.